The third-order valence-electron chi connectivity index (χ3n) is 4.95. The van der Waals surface area contributed by atoms with Gasteiger partial charge in [-0.1, -0.05) is 31.2 Å². The summed E-state index contributed by atoms with van der Waals surface area (Å²) in [5.41, 5.74) is -6.71. The van der Waals surface area contributed by atoms with Crippen LogP contribution < -0.4 is 10.6 Å². The zero-order chi connectivity index (χ0) is 26.8. The van der Waals surface area contributed by atoms with Gasteiger partial charge in [-0.3, -0.25) is 9.59 Å². The molecule has 1 atom stereocenters. The largest absolute Gasteiger partial charge is 0.430 e. The average Bonchev–Trinajstić information content (AvgIpc) is 2.75. The minimum absolute atomic E-state index is 0.0249. The lowest BCUT2D eigenvalue weighted by molar-refractivity contribution is -0.376. The maximum atomic E-state index is 13.0. The highest BCUT2D eigenvalue weighted by atomic mass is 32.2. The van der Waals surface area contributed by atoms with Crippen molar-refractivity contribution in [1.82, 2.24) is 5.32 Å². The summed E-state index contributed by atoms with van der Waals surface area (Å²) in [7, 11) is -3.54. The lowest BCUT2D eigenvalue weighted by Crippen LogP contribution is -2.53. The van der Waals surface area contributed by atoms with Gasteiger partial charge in [0.25, 0.3) is 11.5 Å². The maximum Gasteiger partial charge on any atom is 0.430 e. The summed E-state index contributed by atoms with van der Waals surface area (Å²) in [6, 6.07) is 5.78. The van der Waals surface area contributed by atoms with Gasteiger partial charge in [0.05, 0.1) is 10.6 Å². The second kappa shape index (κ2) is 9.85. The fourth-order valence-corrected chi connectivity index (χ4v) is 3.92. The number of hydrogen-bond donors (Lipinski definition) is 3. The number of benzene rings is 2. The van der Waals surface area contributed by atoms with Crippen molar-refractivity contribution in [2.45, 2.75) is 42.7 Å². The van der Waals surface area contributed by atoms with E-state index in [0.717, 1.165) is 19.1 Å². The molecule has 7 nitrogen and oxygen atoms in total. The molecule has 0 aromatic heterocycles. The molecule has 0 aliphatic heterocycles. The van der Waals surface area contributed by atoms with Crippen molar-refractivity contribution < 1.29 is 49.5 Å². The summed E-state index contributed by atoms with van der Waals surface area (Å²) >= 11 is 0. The van der Waals surface area contributed by atoms with E-state index < -0.39 is 51.2 Å². The summed E-state index contributed by atoms with van der Waals surface area (Å²) in [6.07, 6.45) is -12.1. The molecule has 0 unspecified atom stereocenters. The van der Waals surface area contributed by atoms with E-state index in [-0.39, 0.29) is 21.9 Å². The molecule has 2 rings (SSSR count). The molecule has 0 fully saturated rings. The van der Waals surface area contributed by atoms with Crippen molar-refractivity contribution in [3.63, 3.8) is 0 Å². The summed E-state index contributed by atoms with van der Waals surface area (Å²) < 4.78 is 102. The van der Waals surface area contributed by atoms with Crippen LogP contribution in [0.2, 0.25) is 0 Å². The van der Waals surface area contributed by atoms with Crippen LogP contribution in [0.15, 0.2) is 53.4 Å². The number of sulfone groups is 1. The Kier molecular flexibility index (Phi) is 7.91. The Labute approximate surface area is 196 Å². The molecule has 192 valence electrons. The van der Waals surface area contributed by atoms with Gasteiger partial charge in [0, 0.05) is 18.2 Å². The van der Waals surface area contributed by atoms with E-state index in [4.69, 9.17) is 0 Å². The van der Waals surface area contributed by atoms with Gasteiger partial charge in [-0.15, -0.1) is 0 Å². The molecular formula is C21H20F6N2O5S. The molecule has 0 radical (unpaired) electrons. The number of aliphatic hydroxyl groups is 1. The third kappa shape index (κ3) is 5.93. The van der Waals surface area contributed by atoms with Gasteiger partial charge >= 0.3 is 12.4 Å². The zero-order valence-electron chi connectivity index (χ0n) is 18.2. The number of amides is 2. The Balaban J connectivity index is 2.34. The molecule has 0 saturated carbocycles. The van der Waals surface area contributed by atoms with Gasteiger partial charge in [0.15, 0.2) is 9.84 Å². The molecule has 2 amide bonds. The van der Waals surface area contributed by atoms with E-state index in [0.29, 0.717) is 12.1 Å². The van der Waals surface area contributed by atoms with Crippen LogP contribution in [0, 0.1) is 0 Å². The van der Waals surface area contributed by atoms with Gasteiger partial charge in [-0.05, 0) is 29.8 Å². The van der Waals surface area contributed by atoms with Crippen molar-refractivity contribution in [3.8, 4) is 0 Å². The highest BCUT2D eigenvalue weighted by molar-refractivity contribution is 7.91. The predicted octanol–water partition coefficient (Wildman–Crippen LogP) is 3.61. The summed E-state index contributed by atoms with van der Waals surface area (Å²) in [6.45, 7) is 2.53. The van der Waals surface area contributed by atoms with E-state index in [2.05, 4.69) is 10.6 Å². The van der Waals surface area contributed by atoms with Crippen LogP contribution in [0.1, 0.15) is 31.0 Å². The van der Waals surface area contributed by atoms with Crippen LogP contribution in [0.4, 0.5) is 32.0 Å². The normalized spacial score (nSPS) is 13.7. The second-order valence-electron chi connectivity index (χ2n) is 7.38. The number of rotatable bonds is 7. The zero-order valence-corrected chi connectivity index (χ0v) is 19.0. The molecule has 14 heteroatoms. The van der Waals surface area contributed by atoms with E-state index in [1.165, 1.54) is 31.2 Å². The molecule has 0 spiro atoms. The van der Waals surface area contributed by atoms with Crippen LogP contribution in [0.25, 0.3) is 0 Å². The molecule has 3 N–H and O–H groups in total. The van der Waals surface area contributed by atoms with Gasteiger partial charge in [-0.2, -0.15) is 26.3 Å². The molecular weight excluding hydrogens is 506 g/mol. The molecule has 0 aliphatic carbocycles. The first kappa shape index (κ1) is 28.1. The Morgan fingerprint density at radius 3 is 1.80 bits per heavy atom. The van der Waals surface area contributed by atoms with E-state index in [1.807, 2.05) is 0 Å². The van der Waals surface area contributed by atoms with Crippen LogP contribution in [-0.4, -0.2) is 43.4 Å². The number of nitrogens with one attached hydrogen (secondary N) is 2. The molecule has 35 heavy (non-hydrogen) atoms. The third-order valence-corrected chi connectivity index (χ3v) is 6.70. The standard InChI is InChI=1S/C21H20F6N2O5S/c1-3-35(33,34)16-10-4-13(5-11-16)17(28-12(2)30)18(31)29-15-8-6-14(7-9-15)19(32,20(22,23)24)21(25,26)27/h4-11,17,32H,3H2,1-2H3,(H,28,30)(H,29,31)/t17-/m0/s1. The number of halogens is 6. The Bertz CT molecular complexity index is 1160. The van der Waals surface area contributed by atoms with Gasteiger partial charge < -0.3 is 15.7 Å². The number of hydrogen-bond acceptors (Lipinski definition) is 5. The average molecular weight is 526 g/mol. The smallest absolute Gasteiger partial charge is 0.369 e. The SMILES string of the molecule is CCS(=O)(=O)c1ccc([C@H](NC(C)=O)C(=O)Nc2ccc(C(O)(C(F)(F)F)C(F)(F)F)cc2)cc1. The Morgan fingerprint density at radius 1 is 0.914 bits per heavy atom. The fourth-order valence-electron chi connectivity index (χ4n) is 3.04. The summed E-state index contributed by atoms with van der Waals surface area (Å²) in [5.74, 6) is -1.73. The number of carbonyl (C=O) groups is 2. The van der Waals surface area contributed by atoms with Crippen molar-refractivity contribution >= 4 is 27.3 Å². The van der Waals surface area contributed by atoms with Crippen molar-refractivity contribution in [1.29, 1.82) is 0 Å². The monoisotopic (exact) mass is 526 g/mol. The van der Waals surface area contributed by atoms with Crippen LogP contribution in [0.5, 0.6) is 0 Å². The highest BCUT2D eigenvalue weighted by Crippen LogP contribution is 2.50. The van der Waals surface area contributed by atoms with E-state index in [1.54, 1.807) is 0 Å². The molecule has 0 heterocycles. The van der Waals surface area contributed by atoms with Gasteiger partial charge in [0.2, 0.25) is 5.91 Å². The maximum absolute atomic E-state index is 13.0. The minimum Gasteiger partial charge on any atom is -0.369 e. The lowest BCUT2D eigenvalue weighted by Gasteiger charge is -2.32. The molecule has 2 aromatic carbocycles. The van der Waals surface area contributed by atoms with Crippen LogP contribution >= 0.6 is 0 Å². The van der Waals surface area contributed by atoms with Crippen molar-refractivity contribution in [2.75, 3.05) is 11.1 Å². The Morgan fingerprint density at radius 2 is 1.40 bits per heavy atom. The first-order valence-electron chi connectivity index (χ1n) is 9.81. The number of alkyl halides is 6. The predicted molar refractivity (Wildman–Crippen MR) is 112 cm³/mol. The van der Waals surface area contributed by atoms with Crippen molar-refractivity contribution in [3.05, 3.63) is 59.7 Å². The Hall–Kier alpha value is -3.13. The first-order chi connectivity index (χ1) is 15.9. The molecule has 0 saturated heterocycles. The van der Waals surface area contributed by atoms with E-state index >= 15 is 0 Å². The summed E-state index contributed by atoms with van der Waals surface area (Å²) in [4.78, 5) is 24.3. The first-order valence-corrected chi connectivity index (χ1v) is 11.5. The number of anilines is 1. The highest BCUT2D eigenvalue weighted by Gasteiger charge is 2.71. The minimum atomic E-state index is -6.07. The molecule has 2 aromatic rings. The molecule has 0 bridgehead atoms. The van der Waals surface area contributed by atoms with Crippen LogP contribution in [-0.2, 0) is 25.0 Å². The summed E-state index contributed by atoms with van der Waals surface area (Å²) in [5, 5.41) is 14.0. The lowest BCUT2D eigenvalue weighted by atomic mass is 9.92. The quantitative estimate of drug-likeness (QED) is 0.478. The van der Waals surface area contributed by atoms with Gasteiger partial charge in [-0.25, -0.2) is 8.42 Å². The second-order valence-corrected chi connectivity index (χ2v) is 9.66. The molecule has 0 aliphatic rings. The van der Waals surface area contributed by atoms with Crippen molar-refractivity contribution in [2.24, 2.45) is 0 Å². The fraction of sp³-hybridized carbons (Fsp3) is 0.333. The van der Waals surface area contributed by atoms with Gasteiger partial charge in [0.1, 0.15) is 6.04 Å². The topological polar surface area (TPSA) is 113 Å². The van der Waals surface area contributed by atoms with Crippen LogP contribution in [0.3, 0.4) is 0 Å². The number of carbonyl (C=O) groups excluding carboxylic acids is 2. The van der Waals surface area contributed by atoms with E-state index in [9.17, 15) is 49.5 Å².